The third kappa shape index (κ3) is 16500. The molecule has 0 spiro atoms. The minimum atomic E-state index is 0.833. The van der Waals surface area contributed by atoms with Crippen molar-refractivity contribution in [1.82, 2.24) is 0 Å². The molecule has 0 aromatic rings. The number of allylic oxidation sites excluding steroid dienone is 1. The fourth-order valence-electron chi connectivity index (χ4n) is 0. The zero-order valence-electron chi connectivity index (χ0n) is 11.5. The fourth-order valence-corrected chi connectivity index (χ4v) is 0. The lowest BCUT2D eigenvalue weighted by atomic mass is 10.3. The molecule has 0 saturated heterocycles. The molecule has 0 aromatic carbocycles. The summed E-state index contributed by atoms with van der Waals surface area (Å²) in [7, 11) is 0. The Hall–Kier alpha value is -0.260. The van der Waals surface area contributed by atoms with Gasteiger partial charge in [0, 0.05) is 0 Å². The van der Waals surface area contributed by atoms with Crippen LogP contribution in [0.3, 0.4) is 0 Å². The Morgan fingerprint density at radius 3 is 1.00 bits per heavy atom. The van der Waals surface area contributed by atoms with Crippen LogP contribution in [0.2, 0.25) is 0 Å². The van der Waals surface area contributed by atoms with Gasteiger partial charge in [-0.2, -0.15) is 0 Å². The summed E-state index contributed by atoms with van der Waals surface area (Å²) in [6.45, 7) is 22.2. The summed E-state index contributed by atoms with van der Waals surface area (Å²) in [5.74, 6) is 0.833. The highest BCUT2D eigenvalue weighted by Crippen LogP contribution is 1.81. The van der Waals surface area contributed by atoms with Gasteiger partial charge < -0.3 is 0 Å². The maximum atomic E-state index is 3.56. The molecule has 0 aliphatic rings. The molecule has 0 N–H and O–H groups in total. The molecule has 0 unspecified atom stereocenters. The molecular weight excluding hydrogens is 156 g/mol. The maximum Gasteiger partial charge on any atom is -0.0445 e. The molecule has 0 aliphatic carbocycles. The first-order valence-electron chi connectivity index (χ1n) is 5.50. The normalized spacial score (nSPS) is 6.62. The minimum Gasteiger partial charge on any atom is -0.100 e. The summed E-state index contributed by atoms with van der Waals surface area (Å²) >= 11 is 0. The average Bonchev–Trinajstić information content (AvgIpc) is 1.89. The SMILES string of the molecule is C=C(C)C.CC.CC(C)C.CCC. The molecule has 13 heavy (non-hydrogen) atoms. The Labute approximate surface area is 87.4 Å². The Morgan fingerprint density at radius 2 is 1.00 bits per heavy atom. The second-order valence-electron chi connectivity index (χ2n) is 3.65. The Morgan fingerprint density at radius 1 is 1.00 bits per heavy atom. The van der Waals surface area contributed by atoms with Crippen LogP contribution in [0.15, 0.2) is 12.2 Å². The lowest BCUT2D eigenvalue weighted by Gasteiger charge is -1.79. The van der Waals surface area contributed by atoms with Crippen LogP contribution in [0.5, 0.6) is 0 Å². The van der Waals surface area contributed by atoms with Crippen molar-refractivity contribution < 1.29 is 0 Å². The largest absolute Gasteiger partial charge is 0.100 e. The number of hydrogen-bond acceptors (Lipinski definition) is 0. The van der Waals surface area contributed by atoms with Gasteiger partial charge in [-0.25, -0.2) is 0 Å². The van der Waals surface area contributed by atoms with Crippen LogP contribution in [0, 0.1) is 5.92 Å². The molecule has 0 amide bonds. The summed E-state index contributed by atoms with van der Waals surface area (Å²) in [6, 6.07) is 0. The molecule has 0 nitrogen and oxygen atoms in total. The lowest BCUT2D eigenvalue weighted by molar-refractivity contribution is 0.737. The maximum absolute atomic E-state index is 3.56. The lowest BCUT2D eigenvalue weighted by Crippen LogP contribution is -1.66. The molecule has 0 fully saturated rings. The van der Waals surface area contributed by atoms with Crippen molar-refractivity contribution in [2.75, 3.05) is 0 Å². The average molecular weight is 188 g/mol. The molecule has 0 aromatic heterocycles. The summed E-state index contributed by atoms with van der Waals surface area (Å²) in [5, 5.41) is 0. The first-order valence-corrected chi connectivity index (χ1v) is 5.50. The van der Waals surface area contributed by atoms with Crippen molar-refractivity contribution in [2.24, 2.45) is 5.92 Å². The molecule has 0 bridgehead atoms. The van der Waals surface area contributed by atoms with Crippen molar-refractivity contribution in [1.29, 1.82) is 0 Å². The van der Waals surface area contributed by atoms with E-state index in [2.05, 4.69) is 41.2 Å². The molecule has 0 aliphatic heterocycles. The smallest absolute Gasteiger partial charge is 0.0445 e. The summed E-state index contributed by atoms with van der Waals surface area (Å²) in [6.07, 6.45) is 1.25. The van der Waals surface area contributed by atoms with Crippen molar-refractivity contribution in [3.05, 3.63) is 12.2 Å². The van der Waals surface area contributed by atoms with Gasteiger partial charge in [0.15, 0.2) is 0 Å². The van der Waals surface area contributed by atoms with Gasteiger partial charge in [0.25, 0.3) is 0 Å². The molecule has 0 rings (SSSR count). The van der Waals surface area contributed by atoms with Gasteiger partial charge in [-0.05, 0) is 19.8 Å². The van der Waals surface area contributed by atoms with Gasteiger partial charge in [0.1, 0.15) is 0 Å². The Balaban J connectivity index is -0.0000000431. The molecule has 0 saturated carbocycles. The molecule has 0 atom stereocenters. The number of hydrogen-bond donors (Lipinski definition) is 0. The van der Waals surface area contributed by atoms with E-state index >= 15 is 0 Å². The van der Waals surface area contributed by atoms with Crippen molar-refractivity contribution in [3.63, 3.8) is 0 Å². The fraction of sp³-hybridized carbons (Fsp3) is 0.846. The number of rotatable bonds is 0. The van der Waals surface area contributed by atoms with Crippen LogP contribution in [-0.2, 0) is 0 Å². The molecule has 84 valence electrons. The minimum absolute atomic E-state index is 0.833. The third-order valence-electron chi connectivity index (χ3n) is 0. The van der Waals surface area contributed by atoms with Crippen LogP contribution in [-0.4, -0.2) is 0 Å². The topological polar surface area (TPSA) is 0 Å². The molecule has 0 radical (unpaired) electrons. The zero-order chi connectivity index (χ0) is 11.9. The summed E-state index contributed by atoms with van der Waals surface area (Å²) < 4.78 is 0. The monoisotopic (exact) mass is 188 g/mol. The van der Waals surface area contributed by atoms with E-state index in [-0.39, 0.29) is 0 Å². The van der Waals surface area contributed by atoms with Gasteiger partial charge >= 0.3 is 0 Å². The van der Waals surface area contributed by atoms with E-state index in [0.29, 0.717) is 0 Å². The zero-order valence-corrected chi connectivity index (χ0v) is 11.5. The van der Waals surface area contributed by atoms with Gasteiger partial charge in [-0.1, -0.05) is 60.5 Å². The summed E-state index contributed by atoms with van der Waals surface area (Å²) in [5.41, 5.74) is 1.17. The highest BCUT2D eigenvalue weighted by Gasteiger charge is 1.68. The quantitative estimate of drug-likeness (QED) is 0.429. The van der Waals surface area contributed by atoms with Crippen molar-refractivity contribution in [2.45, 2.75) is 68.7 Å². The second kappa shape index (κ2) is 29.8. The van der Waals surface area contributed by atoms with E-state index in [0.717, 1.165) is 5.92 Å². The molecule has 0 heteroatoms. The van der Waals surface area contributed by atoms with Crippen LogP contribution in [0.1, 0.15) is 68.7 Å². The molecular formula is C13H32. The van der Waals surface area contributed by atoms with Crippen LogP contribution in [0.25, 0.3) is 0 Å². The van der Waals surface area contributed by atoms with Crippen molar-refractivity contribution in [3.8, 4) is 0 Å². The van der Waals surface area contributed by atoms with Gasteiger partial charge in [-0.3, -0.25) is 0 Å². The van der Waals surface area contributed by atoms with E-state index in [1.165, 1.54) is 12.0 Å². The standard InChI is InChI=1S/C4H10.C4H8.C3H8.C2H6/c2*1-4(2)3;1-3-2;1-2/h4H,1-3H3;1H2,2-3H3;3H2,1-2H3;1-2H3. The highest BCUT2D eigenvalue weighted by atomic mass is 13.7. The predicted molar refractivity (Wildman–Crippen MR) is 68.3 cm³/mol. The first-order chi connectivity index (χ1) is 5.88. The van der Waals surface area contributed by atoms with Crippen LogP contribution in [0.4, 0.5) is 0 Å². The van der Waals surface area contributed by atoms with Crippen LogP contribution < -0.4 is 0 Å². The van der Waals surface area contributed by atoms with E-state index in [1.807, 2.05) is 27.7 Å². The van der Waals surface area contributed by atoms with Gasteiger partial charge in [-0.15, -0.1) is 6.58 Å². The predicted octanol–water partition coefficient (Wildman–Crippen LogP) is 5.69. The van der Waals surface area contributed by atoms with Gasteiger partial charge in [0.05, 0.1) is 0 Å². The Bertz CT molecular complexity index is 53.7. The third-order valence-corrected chi connectivity index (χ3v) is 0. The van der Waals surface area contributed by atoms with E-state index in [9.17, 15) is 0 Å². The van der Waals surface area contributed by atoms with E-state index < -0.39 is 0 Å². The second-order valence-corrected chi connectivity index (χ2v) is 3.65. The van der Waals surface area contributed by atoms with Crippen LogP contribution >= 0.6 is 0 Å². The van der Waals surface area contributed by atoms with E-state index in [1.54, 1.807) is 0 Å². The Kier molecular flexibility index (Phi) is 52.7. The van der Waals surface area contributed by atoms with E-state index in [4.69, 9.17) is 0 Å². The van der Waals surface area contributed by atoms with Gasteiger partial charge in [0.2, 0.25) is 0 Å². The molecule has 0 heterocycles. The highest BCUT2D eigenvalue weighted by molar-refractivity contribution is 4.78. The van der Waals surface area contributed by atoms with Crippen molar-refractivity contribution >= 4 is 0 Å². The first kappa shape index (κ1) is 23.0. The summed E-state index contributed by atoms with van der Waals surface area (Å²) in [4.78, 5) is 0.